The Morgan fingerprint density at radius 2 is 2.10 bits per heavy atom. The van der Waals surface area contributed by atoms with E-state index in [0.29, 0.717) is 29.6 Å². The van der Waals surface area contributed by atoms with Crippen molar-refractivity contribution in [2.45, 2.75) is 6.92 Å². The molecule has 2 amide bonds. The lowest BCUT2D eigenvalue weighted by molar-refractivity contribution is 0.0967. The fraction of sp³-hybridized carbons (Fsp3) is 0.500. The molecule has 0 unspecified atom stereocenters. The van der Waals surface area contributed by atoms with Gasteiger partial charge in [0, 0.05) is 27.2 Å². The highest BCUT2D eigenvalue weighted by Gasteiger charge is 2.26. The third-order valence-electron chi connectivity index (χ3n) is 2.84. The van der Waals surface area contributed by atoms with Gasteiger partial charge in [0.25, 0.3) is 11.8 Å². The lowest BCUT2D eigenvalue weighted by Gasteiger charge is -2.21. The second kappa shape index (κ2) is 7.11. The van der Waals surface area contributed by atoms with E-state index in [1.807, 2.05) is 11.8 Å². The SMILES string of the molecule is CCN(CCOC)c1sc(C(=O)NC)c(N)c1C(N)=O. The summed E-state index contributed by atoms with van der Waals surface area (Å²) in [4.78, 5) is 25.6. The van der Waals surface area contributed by atoms with Crippen molar-refractivity contribution in [3.63, 3.8) is 0 Å². The van der Waals surface area contributed by atoms with E-state index in [-0.39, 0.29) is 17.2 Å². The molecule has 0 aliphatic rings. The van der Waals surface area contributed by atoms with Gasteiger partial charge in [0.15, 0.2) is 0 Å². The highest BCUT2D eigenvalue weighted by Crippen LogP contribution is 2.37. The average Bonchev–Trinajstić information content (AvgIpc) is 2.76. The Kier molecular flexibility index (Phi) is 5.78. The van der Waals surface area contributed by atoms with Gasteiger partial charge < -0.3 is 26.4 Å². The standard InChI is InChI=1S/C12H20N4O3S/c1-4-16(5-6-19-3)12-7(10(14)17)8(13)9(20-12)11(18)15-2/h4-6,13H2,1-3H3,(H2,14,17)(H,15,18). The topological polar surface area (TPSA) is 111 Å². The van der Waals surface area contributed by atoms with Crippen LogP contribution in [0.25, 0.3) is 0 Å². The molecule has 112 valence electrons. The molecule has 0 atom stereocenters. The first-order valence-electron chi connectivity index (χ1n) is 6.15. The van der Waals surface area contributed by atoms with E-state index >= 15 is 0 Å². The van der Waals surface area contributed by atoms with Gasteiger partial charge in [0.1, 0.15) is 9.88 Å². The van der Waals surface area contributed by atoms with Crippen LogP contribution in [0, 0.1) is 0 Å². The number of carbonyl (C=O) groups excluding carboxylic acids is 2. The number of likely N-dealkylation sites (N-methyl/N-ethyl adjacent to an activating group) is 1. The molecule has 7 nitrogen and oxygen atoms in total. The zero-order valence-electron chi connectivity index (χ0n) is 11.9. The van der Waals surface area contributed by atoms with E-state index in [9.17, 15) is 9.59 Å². The van der Waals surface area contributed by atoms with Crippen LogP contribution in [0.4, 0.5) is 10.7 Å². The Hall–Kier alpha value is -1.80. The van der Waals surface area contributed by atoms with Crippen LogP contribution in [0.2, 0.25) is 0 Å². The number of nitrogens with two attached hydrogens (primary N) is 2. The molecule has 0 saturated carbocycles. The largest absolute Gasteiger partial charge is 0.397 e. The maximum atomic E-state index is 11.8. The zero-order chi connectivity index (χ0) is 15.3. The number of nitrogens with zero attached hydrogens (tertiary/aromatic N) is 1. The summed E-state index contributed by atoms with van der Waals surface area (Å²) in [7, 11) is 3.11. The first kappa shape index (κ1) is 16.3. The Balaban J connectivity index is 3.29. The smallest absolute Gasteiger partial charge is 0.263 e. The molecule has 0 radical (unpaired) electrons. The van der Waals surface area contributed by atoms with Crippen LogP contribution >= 0.6 is 11.3 Å². The molecule has 0 saturated heterocycles. The fourth-order valence-electron chi connectivity index (χ4n) is 1.78. The normalized spacial score (nSPS) is 10.3. The average molecular weight is 300 g/mol. The van der Waals surface area contributed by atoms with E-state index < -0.39 is 5.91 Å². The Labute approximate surface area is 121 Å². The van der Waals surface area contributed by atoms with Gasteiger partial charge in [-0.05, 0) is 6.92 Å². The van der Waals surface area contributed by atoms with E-state index in [1.165, 1.54) is 7.05 Å². The number of hydrogen-bond donors (Lipinski definition) is 3. The number of methoxy groups -OCH3 is 1. The van der Waals surface area contributed by atoms with Crippen molar-refractivity contribution in [2.75, 3.05) is 44.5 Å². The van der Waals surface area contributed by atoms with E-state index in [2.05, 4.69) is 5.32 Å². The number of nitrogen functional groups attached to an aromatic ring is 1. The second-order valence-electron chi connectivity index (χ2n) is 4.04. The minimum absolute atomic E-state index is 0.132. The molecule has 1 heterocycles. The van der Waals surface area contributed by atoms with Gasteiger partial charge in [-0.1, -0.05) is 0 Å². The molecule has 0 aliphatic carbocycles. The number of rotatable bonds is 7. The second-order valence-corrected chi connectivity index (χ2v) is 5.04. The van der Waals surface area contributed by atoms with Crippen molar-refractivity contribution >= 4 is 33.8 Å². The van der Waals surface area contributed by atoms with Crippen LogP contribution in [-0.4, -0.2) is 45.7 Å². The number of hydrogen-bond acceptors (Lipinski definition) is 6. The van der Waals surface area contributed by atoms with Gasteiger partial charge >= 0.3 is 0 Å². The molecule has 5 N–H and O–H groups in total. The molecule has 1 aromatic heterocycles. The Morgan fingerprint density at radius 1 is 1.45 bits per heavy atom. The molecular weight excluding hydrogens is 280 g/mol. The van der Waals surface area contributed by atoms with Crippen LogP contribution in [-0.2, 0) is 4.74 Å². The van der Waals surface area contributed by atoms with Crippen LogP contribution in [0.15, 0.2) is 0 Å². The molecule has 0 bridgehead atoms. The molecule has 0 spiro atoms. The minimum atomic E-state index is -0.639. The predicted octanol–water partition coefficient (Wildman–Crippen LogP) is 0.262. The number of nitrogens with one attached hydrogen (secondary N) is 1. The van der Waals surface area contributed by atoms with Crippen molar-refractivity contribution in [1.29, 1.82) is 0 Å². The number of ether oxygens (including phenoxy) is 1. The van der Waals surface area contributed by atoms with Crippen molar-refractivity contribution in [3.05, 3.63) is 10.4 Å². The molecule has 1 rings (SSSR count). The highest BCUT2D eigenvalue weighted by atomic mass is 32.1. The summed E-state index contributed by atoms with van der Waals surface area (Å²) in [5, 5.41) is 3.10. The molecular formula is C12H20N4O3S. The molecule has 0 aromatic carbocycles. The zero-order valence-corrected chi connectivity index (χ0v) is 12.7. The molecule has 0 fully saturated rings. The van der Waals surface area contributed by atoms with Crippen LogP contribution < -0.4 is 21.7 Å². The summed E-state index contributed by atoms with van der Waals surface area (Å²) in [6.45, 7) is 3.67. The van der Waals surface area contributed by atoms with Crippen LogP contribution in [0.5, 0.6) is 0 Å². The fourth-order valence-corrected chi connectivity index (χ4v) is 3.04. The minimum Gasteiger partial charge on any atom is -0.397 e. The van der Waals surface area contributed by atoms with Crippen LogP contribution in [0.1, 0.15) is 27.0 Å². The van der Waals surface area contributed by atoms with Crippen molar-refractivity contribution in [3.8, 4) is 0 Å². The number of carbonyl (C=O) groups is 2. The van der Waals surface area contributed by atoms with E-state index in [1.54, 1.807) is 7.11 Å². The summed E-state index contributed by atoms with van der Waals surface area (Å²) in [6, 6.07) is 0. The quantitative estimate of drug-likeness (QED) is 0.669. The van der Waals surface area contributed by atoms with Gasteiger partial charge in [-0.2, -0.15) is 0 Å². The summed E-state index contributed by atoms with van der Waals surface area (Å²) in [5.74, 6) is -0.969. The molecule has 1 aromatic rings. The van der Waals surface area contributed by atoms with Gasteiger partial charge in [-0.15, -0.1) is 11.3 Å². The third-order valence-corrected chi connectivity index (χ3v) is 4.11. The number of primary amides is 1. The van der Waals surface area contributed by atoms with E-state index in [0.717, 1.165) is 11.3 Å². The molecule has 0 aliphatic heterocycles. The highest BCUT2D eigenvalue weighted by molar-refractivity contribution is 7.19. The number of anilines is 2. The Morgan fingerprint density at radius 3 is 2.55 bits per heavy atom. The summed E-state index contributed by atoms with van der Waals surface area (Å²) in [6.07, 6.45) is 0. The van der Waals surface area contributed by atoms with Crippen molar-refractivity contribution < 1.29 is 14.3 Å². The summed E-state index contributed by atoms with van der Waals surface area (Å²) < 4.78 is 5.04. The molecule has 8 heteroatoms. The van der Waals surface area contributed by atoms with Gasteiger partial charge in [-0.3, -0.25) is 9.59 Å². The van der Waals surface area contributed by atoms with Crippen LogP contribution in [0.3, 0.4) is 0 Å². The maximum absolute atomic E-state index is 11.8. The summed E-state index contributed by atoms with van der Waals surface area (Å²) in [5.41, 5.74) is 11.6. The first-order valence-corrected chi connectivity index (χ1v) is 6.97. The maximum Gasteiger partial charge on any atom is 0.263 e. The van der Waals surface area contributed by atoms with E-state index in [4.69, 9.17) is 16.2 Å². The number of amides is 2. The van der Waals surface area contributed by atoms with Crippen molar-refractivity contribution in [1.82, 2.24) is 5.32 Å². The van der Waals surface area contributed by atoms with Gasteiger partial charge in [-0.25, -0.2) is 0 Å². The third kappa shape index (κ3) is 3.20. The summed E-state index contributed by atoms with van der Waals surface area (Å²) >= 11 is 1.16. The monoisotopic (exact) mass is 300 g/mol. The first-order chi connectivity index (χ1) is 9.47. The predicted molar refractivity (Wildman–Crippen MR) is 80.4 cm³/mol. The molecule has 20 heavy (non-hydrogen) atoms. The Bertz CT molecular complexity index is 501. The van der Waals surface area contributed by atoms with Gasteiger partial charge in [0.05, 0.1) is 17.9 Å². The van der Waals surface area contributed by atoms with Crippen molar-refractivity contribution in [2.24, 2.45) is 5.73 Å². The number of thiophene rings is 1. The van der Waals surface area contributed by atoms with Gasteiger partial charge in [0.2, 0.25) is 0 Å². The lowest BCUT2D eigenvalue weighted by Crippen LogP contribution is -2.28. The lowest BCUT2D eigenvalue weighted by atomic mass is 10.2.